The van der Waals surface area contributed by atoms with Crippen molar-refractivity contribution in [2.75, 3.05) is 0 Å². The molecule has 0 saturated carbocycles. The van der Waals surface area contributed by atoms with Gasteiger partial charge in [0.15, 0.2) is 0 Å². The van der Waals surface area contributed by atoms with Crippen molar-refractivity contribution in [1.82, 2.24) is 0 Å². The summed E-state index contributed by atoms with van der Waals surface area (Å²) >= 11 is 0.258. The van der Waals surface area contributed by atoms with E-state index in [1.54, 1.807) is 59.9 Å². The van der Waals surface area contributed by atoms with E-state index in [4.69, 9.17) is 0 Å². The van der Waals surface area contributed by atoms with Gasteiger partial charge in [0.25, 0.3) is 0 Å². The molecule has 0 aromatic heterocycles. The fourth-order valence-electron chi connectivity index (χ4n) is 0.253. The largest absolute Gasteiger partial charge is 0.205 e. The summed E-state index contributed by atoms with van der Waals surface area (Å²) in [6.07, 6.45) is 0. The monoisotopic (exact) mass is 311 g/mol. The average molecular weight is 312 g/mol. The maximum atomic E-state index is 10.1. The van der Waals surface area contributed by atoms with Crippen LogP contribution in [0.1, 0.15) is 0 Å². The van der Waals surface area contributed by atoms with Crippen LogP contribution < -0.4 is 0 Å². The van der Waals surface area contributed by atoms with Gasteiger partial charge >= 0.3 is 0 Å². The topological polar surface area (TPSA) is 29.4 Å². The van der Waals surface area contributed by atoms with Crippen LogP contribution in [0.25, 0.3) is 0 Å². The Balaban J connectivity index is 2.49. The third-order valence-corrected chi connectivity index (χ3v) is 13.4. The Bertz CT molecular complexity index is 209. The van der Waals surface area contributed by atoms with Crippen LogP contribution in [0.2, 0.25) is 0 Å². The predicted octanol–water partition coefficient (Wildman–Crippen LogP) is 4.82. The molecule has 0 aliphatic carbocycles. The van der Waals surface area contributed by atoms with Crippen molar-refractivity contribution in [3.8, 4) is 0 Å². The maximum Gasteiger partial charge on any atom is 0.205 e. The summed E-state index contributed by atoms with van der Waals surface area (Å²) < 4.78 is 13.9. The molecule has 68 valence electrons. The Morgan fingerprint density at radius 1 is 1.17 bits per heavy atom. The minimum Gasteiger partial charge on any atom is -0.191 e. The van der Waals surface area contributed by atoms with Crippen molar-refractivity contribution >= 4 is 82.2 Å². The van der Waals surface area contributed by atoms with Gasteiger partial charge in [-0.05, 0) is 59.9 Å². The molecular weight excluding hydrogens is 311 g/mol. The Labute approximate surface area is 100 Å². The van der Waals surface area contributed by atoms with E-state index in [1.165, 1.54) is 10.8 Å². The summed E-state index contributed by atoms with van der Waals surface area (Å²) in [6.45, 7) is 0. The molecular formula is C2HNOS8. The van der Waals surface area contributed by atoms with Gasteiger partial charge in [0.1, 0.15) is 5.03 Å². The van der Waals surface area contributed by atoms with Crippen LogP contribution in [0, 0.1) is 0 Å². The number of hydrogen-bond donors (Lipinski definition) is 0. The van der Waals surface area contributed by atoms with Crippen LogP contribution in [-0.2, 0) is 11.5 Å². The first-order chi connectivity index (χ1) is 5.93. The van der Waals surface area contributed by atoms with Gasteiger partial charge in [0.2, 0.25) is 11.5 Å². The molecule has 0 saturated heterocycles. The number of rotatable bonds is 1. The molecule has 0 bridgehead atoms. The van der Waals surface area contributed by atoms with Crippen LogP contribution >= 0.6 is 70.7 Å². The Morgan fingerprint density at radius 2 is 1.92 bits per heavy atom. The quantitative estimate of drug-likeness (QED) is 0.637. The van der Waals surface area contributed by atoms with Crippen LogP contribution in [-0.4, -0.2) is 4.21 Å². The molecule has 1 aliphatic rings. The molecule has 0 amide bonds. The van der Waals surface area contributed by atoms with Crippen molar-refractivity contribution in [3.05, 3.63) is 10.4 Å². The Kier molecular flexibility index (Phi) is 8.39. The van der Waals surface area contributed by atoms with Crippen LogP contribution in [0.15, 0.2) is 14.8 Å². The normalized spacial score (nSPS) is 19.8. The minimum absolute atomic E-state index is 0.258. The molecule has 0 radical (unpaired) electrons. The van der Waals surface area contributed by atoms with Crippen molar-refractivity contribution in [1.29, 1.82) is 0 Å². The second kappa shape index (κ2) is 8.33. The molecule has 1 rings (SSSR count). The zero-order chi connectivity index (χ0) is 8.65. The van der Waals surface area contributed by atoms with E-state index in [2.05, 4.69) is 4.36 Å². The molecule has 1 heterocycles. The minimum atomic E-state index is 0.258. The third-order valence-electron chi connectivity index (χ3n) is 0.546. The van der Waals surface area contributed by atoms with Gasteiger partial charge in [-0.25, -0.2) is 0 Å². The second-order valence-electron chi connectivity index (χ2n) is 1.14. The first-order valence-electron chi connectivity index (χ1n) is 2.30. The van der Waals surface area contributed by atoms with Gasteiger partial charge in [-0.1, -0.05) is 10.8 Å². The molecule has 0 N–H and O–H groups in total. The van der Waals surface area contributed by atoms with E-state index in [0.29, 0.717) is 0 Å². The molecule has 0 unspecified atom stereocenters. The van der Waals surface area contributed by atoms with E-state index in [-0.39, 0.29) is 11.5 Å². The Morgan fingerprint density at radius 3 is 2.75 bits per heavy atom. The fraction of sp³-hybridized carbons (Fsp3) is 0. The van der Waals surface area contributed by atoms with Crippen molar-refractivity contribution in [2.24, 2.45) is 4.36 Å². The summed E-state index contributed by atoms with van der Waals surface area (Å²) in [5.74, 6) is 0. The zero-order valence-corrected chi connectivity index (χ0v) is 11.7. The van der Waals surface area contributed by atoms with Crippen LogP contribution in [0.3, 0.4) is 0 Å². The van der Waals surface area contributed by atoms with Crippen LogP contribution in [0.5, 0.6) is 0 Å². The Hall–Kier alpha value is 2.01. The number of hydrogen-bond acceptors (Lipinski definition) is 9. The lowest BCUT2D eigenvalue weighted by atomic mass is 11.1. The lowest BCUT2D eigenvalue weighted by molar-refractivity contribution is 0.698. The SMILES string of the molecule is O=S=NC1=CSSSSSSS1. The first-order valence-corrected chi connectivity index (χ1v) is 11.9. The molecule has 2 nitrogen and oxygen atoms in total. The van der Waals surface area contributed by atoms with Crippen molar-refractivity contribution in [2.45, 2.75) is 0 Å². The van der Waals surface area contributed by atoms with Gasteiger partial charge in [0, 0.05) is 5.41 Å². The highest BCUT2D eigenvalue weighted by atomic mass is 33.9. The molecule has 0 fully saturated rings. The molecule has 0 atom stereocenters. The van der Waals surface area contributed by atoms with E-state index in [0.717, 1.165) is 5.03 Å². The zero-order valence-electron chi connectivity index (χ0n) is 5.20. The molecule has 10 heteroatoms. The summed E-state index contributed by atoms with van der Waals surface area (Å²) in [4.78, 5) is 0. The standard InChI is InChI=1S/C2HNOS8/c4-7-3-2-1-5-8-10-12-11-9-6-2/h1H. The van der Waals surface area contributed by atoms with Crippen molar-refractivity contribution in [3.63, 3.8) is 0 Å². The maximum absolute atomic E-state index is 10.1. The molecule has 1 aliphatic heterocycles. The summed E-state index contributed by atoms with van der Waals surface area (Å²) in [5, 5.41) is 2.68. The highest BCUT2D eigenvalue weighted by Gasteiger charge is 2.03. The van der Waals surface area contributed by atoms with Gasteiger partial charge in [-0.2, -0.15) is 4.21 Å². The summed E-state index contributed by atoms with van der Waals surface area (Å²) in [7, 11) is 11.5. The van der Waals surface area contributed by atoms with E-state index in [9.17, 15) is 4.21 Å². The first kappa shape index (κ1) is 12.1. The molecule has 0 aromatic carbocycles. The lowest BCUT2D eigenvalue weighted by Crippen LogP contribution is -1.60. The second-order valence-corrected chi connectivity index (χ2v) is 12.4. The predicted molar refractivity (Wildman–Crippen MR) is 71.8 cm³/mol. The molecule has 12 heavy (non-hydrogen) atoms. The van der Waals surface area contributed by atoms with E-state index >= 15 is 0 Å². The summed E-state index contributed by atoms with van der Waals surface area (Å²) in [6, 6.07) is 0. The van der Waals surface area contributed by atoms with Crippen molar-refractivity contribution < 1.29 is 4.21 Å². The van der Waals surface area contributed by atoms with Gasteiger partial charge in [-0.15, -0.1) is 4.36 Å². The third kappa shape index (κ3) is 5.68. The highest BCUT2D eigenvalue weighted by Crippen LogP contribution is 2.58. The molecule has 0 aromatic rings. The fourth-order valence-corrected chi connectivity index (χ4v) is 14.2. The van der Waals surface area contributed by atoms with E-state index in [1.807, 2.05) is 5.41 Å². The summed E-state index contributed by atoms with van der Waals surface area (Å²) in [5.41, 5.74) is 0. The van der Waals surface area contributed by atoms with Gasteiger partial charge < -0.3 is 0 Å². The number of nitrogens with zero attached hydrogens (tertiary/aromatic N) is 1. The van der Waals surface area contributed by atoms with E-state index < -0.39 is 0 Å². The average Bonchev–Trinajstić information content (AvgIpc) is 2.19. The molecule has 0 spiro atoms. The lowest BCUT2D eigenvalue weighted by Gasteiger charge is -1.92. The van der Waals surface area contributed by atoms with Gasteiger partial charge in [0.05, 0.1) is 0 Å². The highest BCUT2D eigenvalue weighted by molar-refractivity contribution is 9.46. The van der Waals surface area contributed by atoms with Crippen LogP contribution in [0.4, 0.5) is 0 Å². The smallest absolute Gasteiger partial charge is 0.191 e. The van der Waals surface area contributed by atoms with Gasteiger partial charge in [-0.3, -0.25) is 0 Å².